The van der Waals surface area contributed by atoms with Crippen LogP contribution in [-0.4, -0.2) is 33.6 Å². The topological polar surface area (TPSA) is 92.0 Å². The van der Waals surface area contributed by atoms with Crippen LogP contribution in [0.3, 0.4) is 0 Å². The van der Waals surface area contributed by atoms with Crippen LogP contribution in [0.4, 0.5) is 0 Å². The maximum Gasteiger partial charge on any atom is 0.306 e. The number of thiophene rings is 1. The molecule has 3 rings (SSSR count). The highest BCUT2D eigenvalue weighted by Gasteiger charge is 2.28. The van der Waals surface area contributed by atoms with Gasteiger partial charge in [-0.3, -0.25) is 4.79 Å². The zero-order chi connectivity index (χ0) is 18.7. The van der Waals surface area contributed by atoms with E-state index in [0.29, 0.717) is 34.2 Å². The number of rotatable bonds is 5. The number of aromatic nitrogens is 1. The van der Waals surface area contributed by atoms with Gasteiger partial charge >= 0.3 is 5.97 Å². The van der Waals surface area contributed by atoms with E-state index in [1.54, 1.807) is 6.07 Å². The van der Waals surface area contributed by atoms with Gasteiger partial charge in [0, 0.05) is 5.56 Å². The van der Waals surface area contributed by atoms with Crippen molar-refractivity contribution in [1.82, 2.24) is 4.98 Å². The average Bonchev–Trinajstić information content (AvgIpc) is 2.98. The third-order valence-electron chi connectivity index (χ3n) is 4.47. The Hall–Kier alpha value is -2.12. The number of ether oxygens (including phenoxy) is 1. The molecule has 0 amide bonds. The lowest BCUT2D eigenvalue weighted by Crippen LogP contribution is -2.29. The van der Waals surface area contributed by atoms with Gasteiger partial charge in [-0.15, -0.1) is 11.3 Å². The summed E-state index contributed by atoms with van der Waals surface area (Å²) in [5, 5.41) is 21.1. The highest BCUT2D eigenvalue weighted by molar-refractivity contribution is 7.19. The summed E-state index contributed by atoms with van der Waals surface area (Å²) in [4.78, 5) is 16.6. The number of carbonyl (C=O) groups is 1. The number of aliphatic carboxylic acids is 1. The van der Waals surface area contributed by atoms with Crippen LogP contribution in [0.25, 0.3) is 10.6 Å². The number of oxime groups is 1. The molecule has 1 saturated carbocycles. The Morgan fingerprint density at radius 1 is 1.46 bits per heavy atom. The van der Waals surface area contributed by atoms with Crippen molar-refractivity contribution in [3.05, 3.63) is 33.8 Å². The standard InChI is InChI=1S/C18H19ClN2O4S/c1-10-15(25-13-4-2-3-11(7-13)18(22)23)6-5-14(21-10)17-12(9-20-24)8-16(19)26-17/h5-6,8-9,11,13,24H,2-4,7H2,1H3,(H,22,23)/b20-9+/t11-,13-/m0/s1. The van der Waals surface area contributed by atoms with Crippen LogP contribution in [0.5, 0.6) is 5.75 Å². The third-order valence-corrected chi connectivity index (χ3v) is 5.77. The molecular formula is C18H19ClN2O4S. The molecule has 0 spiro atoms. The smallest absolute Gasteiger partial charge is 0.306 e. The van der Waals surface area contributed by atoms with E-state index in [1.807, 2.05) is 19.1 Å². The molecule has 2 N–H and O–H groups in total. The summed E-state index contributed by atoms with van der Waals surface area (Å²) in [5.74, 6) is -0.434. The third kappa shape index (κ3) is 4.16. The Balaban J connectivity index is 1.79. The quantitative estimate of drug-likeness (QED) is 0.439. The van der Waals surface area contributed by atoms with Gasteiger partial charge < -0.3 is 15.1 Å². The first kappa shape index (κ1) is 18.7. The second-order valence-corrected chi connectivity index (χ2v) is 7.98. The van der Waals surface area contributed by atoms with Crippen molar-refractivity contribution >= 4 is 35.1 Å². The summed E-state index contributed by atoms with van der Waals surface area (Å²) in [6.07, 6.45) is 4.15. The fourth-order valence-electron chi connectivity index (χ4n) is 3.19. The summed E-state index contributed by atoms with van der Waals surface area (Å²) >= 11 is 7.42. The summed E-state index contributed by atoms with van der Waals surface area (Å²) in [5.41, 5.74) is 2.13. The number of halogens is 1. The second-order valence-electron chi connectivity index (χ2n) is 6.30. The summed E-state index contributed by atoms with van der Waals surface area (Å²) in [7, 11) is 0. The Bertz CT molecular complexity index is 837. The van der Waals surface area contributed by atoms with E-state index < -0.39 is 5.97 Å². The minimum atomic E-state index is -0.754. The van der Waals surface area contributed by atoms with Crippen molar-refractivity contribution in [2.24, 2.45) is 11.1 Å². The second kappa shape index (κ2) is 8.05. The van der Waals surface area contributed by atoms with Crippen molar-refractivity contribution in [2.75, 3.05) is 0 Å². The fraction of sp³-hybridized carbons (Fsp3) is 0.389. The maximum atomic E-state index is 11.2. The van der Waals surface area contributed by atoms with E-state index >= 15 is 0 Å². The summed E-state index contributed by atoms with van der Waals surface area (Å²) < 4.78 is 6.61. The lowest BCUT2D eigenvalue weighted by molar-refractivity contribution is -0.143. The minimum Gasteiger partial charge on any atom is -0.489 e. The molecule has 0 bridgehead atoms. The molecule has 1 fully saturated rings. The number of hydrogen-bond acceptors (Lipinski definition) is 6. The molecule has 0 saturated heterocycles. The Morgan fingerprint density at radius 3 is 2.96 bits per heavy atom. The van der Waals surface area contributed by atoms with Gasteiger partial charge in [-0.2, -0.15) is 0 Å². The fourth-order valence-corrected chi connectivity index (χ4v) is 4.36. The minimum absolute atomic E-state index is 0.107. The highest BCUT2D eigenvalue weighted by atomic mass is 35.5. The van der Waals surface area contributed by atoms with E-state index in [-0.39, 0.29) is 12.0 Å². The van der Waals surface area contributed by atoms with E-state index in [2.05, 4.69) is 10.1 Å². The molecule has 2 atom stereocenters. The lowest BCUT2D eigenvalue weighted by Gasteiger charge is -2.27. The Morgan fingerprint density at radius 2 is 2.27 bits per heavy atom. The molecule has 0 radical (unpaired) electrons. The lowest BCUT2D eigenvalue weighted by atomic mass is 9.87. The first-order valence-corrected chi connectivity index (χ1v) is 9.51. The SMILES string of the molecule is Cc1nc(-c2sc(Cl)cc2/C=N/O)ccc1O[C@H]1CCC[C@H](C(=O)O)C1. The van der Waals surface area contributed by atoms with E-state index in [9.17, 15) is 9.90 Å². The normalized spacial score (nSPS) is 20.4. The van der Waals surface area contributed by atoms with Crippen LogP contribution in [0.1, 0.15) is 36.9 Å². The van der Waals surface area contributed by atoms with Gasteiger partial charge in [0.25, 0.3) is 0 Å². The van der Waals surface area contributed by atoms with Crippen LogP contribution >= 0.6 is 22.9 Å². The van der Waals surface area contributed by atoms with E-state index in [4.69, 9.17) is 21.5 Å². The summed E-state index contributed by atoms with van der Waals surface area (Å²) in [6.45, 7) is 1.85. The largest absolute Gasteiger partial charge is 0.489 e. The van der Waals surface area contributed by atoms with Gasteiger partial charge in [0.1, 0.15) is 5.75 Å². The van der Waals surface area contributed by atoms with Crippen molar-refractivity contribution < 1.29 is 19.8 Å². The first-order valence-electron chi connectivity index (χ1n) is 8.32. The van der Waals surface area contributed by atoms with Gasteiger partial charge in [0.2, 0.25) is 0 Å². The predicted molar refractivity (Wildman–Crippen MR) is 101 cm³/mol. The molecule has 0 aromatic carbocycles. The molecule has 0 unspecified atom stereocenters. The van der Waals surface area contributed by atoms with Crippen molar-refractivity contribution in [1.29, 1.82) is 0 Å². The first-order chi connectivity index (χ1) is 12.5. The van der Waals surface area contributed by atoms with Gasteiger partial charge in [-0.25, -0.2) is 4.98 Å². The molecule has 8 heteroatoms. The molecular weight excluding hydrogens is 376 g/mol. The molecule has 2 aromatic rings. The maximum absolute atomic E-state index is 11.2. The molecule has 2 aromatic heterocycles. The van der Waals surface area contributed by atoms with Crippen molar-refractivity contribution in [3.63, 3.8) is 0 Å². The van der Waals surface area contributed by atoms with E-state index in [1.165, 1.54) is 17.6 Å². The molecule has 0 aliphatic heterocycles. The van der Waals surface area contributed by atoms with Gasteiger partial charge in [-0.1, -0.05) is 16.8 Å². The molecule has 26 heavy (non-hydrogen) atoms. The summed E-state index contributed by atoms with van der Waals surface area (Å²) in [6, 6.07) is 5.39. The zero-order valence-electron chi connectivity index (χ0n) is 14.2. The highest BCUT2D eigenvalue weighted by Crippen LogP contribution is 2.35. The van der Waals surface area contributed by atoms with Crippen LogP contribution < -0.4 is 4.74 Å². The van der Waals surface area contributed by atoms with Crippen LogP contribution in [0, 0.1) is 12.8 Å². The number of nitrogens with zero attached hydrogens (tertiary/aromatic N) is 2. The molecule has 1 aliphatic carbocycles. The van der Waals surface area contributed by atoms with Crippen molar-refractivity contribution in [3.8, 4) is 16.3 Å². The molecule has 138 valence electrons. The van der Waals surface area contributed by atoms with Gasteiger partial charge in [-0.05, 0) is 50.8 Å². The van der Waals surface area contributed by atoms with Gasteiger partial charge in [0.15, 0.2) is 0 Å². The zero-order valence-corrected chi connectivity index (χ0v) is 15.8. The monoisotopic (exact) mass is 394 g/mol. The number of carboxylic acids is 1. The molecule has 1 aliphatic rings. The van der Waals surface area contributed by atoms with Crippen LogP contribution in [0.2, 0.25) is 4.34 Å². The van der Waals surface area contributed by atoms with Gasteiger partial charge in [0.05, 0.1) is 38.8 Å². The average molecular weight is 395 g/mol. The van der Waals surface area contributed by atoms with Crippen LogP contribution in [-0.2, 0) is 4.79 Å². The Kier molecular flexibility index (Phi) is 5.78. The molecule has 6 nitrogen and oxygen atoms in total. The molecule has 2 heterocycles. The number of carboxylic acid groups (broad SMARTS) is 1. The van der Waals surface area contributed by atoms with Crippen LogP contribution in [0.15, 0.2) is 23.4 Å². The Labute approximate surface area is 160 Å². The predicted octanol–water partition coefficient (Wildman–Crippen LogP) is 4.60. The number of pyridine rings is 1. The van der Waals surface area contributed by atoms with Crippen molar-refractivity contribution in [2.45, 2.75) is 38.7 Å². The number of aryl methyl sites for hydroxylation is 1. The van der Waals surface area contributed by atoms with E-state index in [0.717, 1.165) is 23.4 Å². The number of hydrogen-bond donors (Lipinski definition) is 2.